The summed E-state index contributed by atoms with van der Waals surface area (Å²) in [6.45, 7) is 3.56. The summed E-state index contributed by atoms with van der Waals surface area (Å²) in [7, 11) is 0. The van der Waals surface area contributed by atoms with Crippen LogP contribution in [0.5, 0.6) is 0 Å². The van der Waals surface area contributed by atoms with Gasteiger partial charge >= 0.3 is 5.97 Å². The SMILES string of the molecule is O=C(O)c1cccc(CN2CCN(C(=O)Cc3ccccc3Cl)CC2)c1. The zero-order valence-electron chi connectivity index (χ0n) is 14.4. The van der Waals surface area contributed by atoms with Crippen molar-refractivity contribution >= 4 is 23.5 Å². The maximum absolute atomic E-state index is 12.5. The lowest BCUT2D eigenvalue weighted by Gasteiger charge is -2.35. The summed E-state index contributed by atoms with van der Waals surface area (Å²) in [5.74, 6) is -0.826. The molecule has 3 rings (SSSR count). The molecule has 2 aromatic carbocycles. The third-order valence-electron chi connectivity index (χ3n) is 4.60. The number of carbonyl (C=O) groups is 2. The Balaban J connectivity index is 1.52. The minimum Gasteiger partial charge on any atom is -0.478 e. The third kappa shape index (κ3) is 4.62. The van der Waals surface area contributed by atoms with E-state index in [0.717, 1.165) is 24.2 Å². The molecule has 1 amide bonds. The van der Waals surface area contributed by atoms with Crippen LogP contribution in [0.25, 0.3) is 0 Å². The number of halogens is 1. The second kappa shape index (κ2) is 8.34. The molecular formula is C20H21ClN2O3. The minimum atomic E-state index is -0.915. The molecule has 1 aliphatic heterocycles. The van der Waals surface area contributed by atoms with Gasteiger partial charge in [0.15, 0.2) is 0 Å². The van der Waals surface area contributed by atoms with Gasteiger partial charge in [-0.2, -0.15) is 0 Å². The Hall–Kier alpha value is -2.37. The fraction of sp³-hybridized carbons (Fsp3) is 0.300. The molecule has 2 aromatic rings. The van der Waals surface area contributed by atoms with Crippen LogP contribution < -0.4 is 0 Å². The lowest BCUT2D eigenvalue weighted by atomic mass is 10.1. The Morgan fingerprint density at radius 3 is 2.42 bits per heavy atom. The highest BCUT2D eigenvalue weighted by atomic mass is 35.5. The van der Waals surface area contributed by atoms with E-state index in [2.05, 4.69) is 4.90 Å². The van der Waals surface area contributed by atoms with Gasteiger partial charge in [0.2, 0.25) is 5.91 Å². The van der Waals surface area contributed by atoms with Crippen molar-refractivity contribution in [3.63, 3.8) is 0 Å². The Labute approximate surface area is 157 Å². The molecule has 0 bridgehead atoms. The van der Waals surface area contributed by atoms with Gasteiger partial charge in [0, 0.05) is 37.7 Å². The Morgan fingerprint density at radius 1 is 1.00 bits per heavy atom. The van der Waals surface area contributed by atoms with Gasteiger partial charge in [0.05, 0.1) is 12.0 Å². The van der Waals surface area contributed by atoms with Crippen molar-refractivity contribution in [3.8, 4) is 0 Å². The van der Waals surface area contributed by atoms with Gasteiger partial charge in [-0.15, -0.1) is 0 Å². The maximum Gasteiger partial charge on any atom is 0.335 e. The number of aromatic carboxylic acids is 1. The fourth-order valence-corrected chi connectivity index (χ4v) is 3.34. The summed E-state index contributed by atoms with van der Waals surface area (Å²) < 4.78 is 0. The molecule has 5 nitrogen and oxygen atoms in total. The number of benzene rings is 2. The Bertz CT molecular complexity index is 801. The Kier molecular flexibility index (Phi) is 5.91. The maximum atomic E-state index is 12.5. The molecule has 136 valence electrons. The smallest absolute Gasteiger partial charge is 0.335 e. The molecule has 26 heavy (non-hydrogen) atoms. The predicted molar refractivity (Wildman–Crippen MR) is 100 cm³/mol. The van der Waals surface area contributed by atoms with Crippen LogP contribution in [0.15, 0.2) is 48.5 Å². The van der Waals surface area contributed by atoms with E-state index in [9.17, 15) is 9.59 Å². The van der Waals surface area contributed by atoms with E-state index in [1.165, 1.54) is 0 Å². The summed E-state index contributed by atoms with van der Waals surface area (Å²) in [6, 6.07) is 14.4. The van der Waals surface area contributed by atoms with Gasteiger partial charge in [-0.25, -0.2) is 4.79 Å². The van der Waals surface area contributed by atoms with Crippen LogP contribution in [0.2, 0.25) is 5.02 Å². The molecule has 0 aromatic heterocycles. The molecule has 6 heteroatoms. The third-order valence-corrected chi connectivity index (χ3v) is 4.97. The van der Waals surface area contributed by atoms with Crippen LogP contribution >= 0.6 is 11.6 Å². The van der Waals surface area contributed by atoms with Gasteiger partial charge in [-0.3, -0.25) is 9.69 Å². The van der Waals surface area contributed by atoms with E-state index in [-0.39, 0.29) is 5.91 Å². The molecule has 0 atom stereocenters. The second-order valence-electron chi connectivity index (χ2n) is 6.43. The molecular weight excluding hydrogens is 352 g/mol. The van der Waals surface area contributed by atoms with E-state index in [1.54, 1.807) is 24.3 Å². The van der Waals surface area contributed by atoms with E-state index in [4.69, 9.17) is 16.7 Å². The molecule has 1 saturated heterocycles. The number of piperazine rings is 1. The molecule has 0 aliphatic carbocycles. The number of rotatable bonds is 5. The first-order valence-corrected chi connectivity index (χ1v) is 8.96. The van der Waals surface area contributed by atoms with Crippen LogP contribution in [-0.2, 0) is 17.8 Å². The monoisotopic (exact) mass is 372 g/mol. The van der Waals surface area contributed by atoms with Crippen molar-refractivity contribution in [2.24, 2.45) is 0 Å². The van der Waals surface area contributed by atoms with Crippen LogP contribution in [0.3, 0.4) is 0 Å². The van der Waals surface area contributed by atoms with E-state index < -0.39 is 5.97 Å². The largest absolute Gasteiger partial charge is 0.478 e. The first-order valence-electron chi connectivity index (χ1n) is 8.58. The van der Waals surface area contributed by atoms with Crippen LogP contribution in [0.1, 0.15) is 21.5 Å². The van der Waals surface area contributed by atoms with Crippen molar-refractivity contribution in [3.05, 3.63) is 70.2 Å². The molecule has 1 N–H and O–H groups in total. The molecule has 1 fully saturated rings. The minimum absolute atomic E-state index is 0.0885. The first kappa shape index (κ1) is 18.4. The standard InChI is InChI=1S/C20H21ClN2O3/c21-18-7-2-1-5-16(18)13-19(24)23-10-8-22(9-11-23)14-15-4-3-6-17(12-15)20(25)26/h1-7,12H,8-11,13-14H2,(H,25,26). The summed E-state index contributed by atoms with van der Waals surface area (Å²) in [5.41, 5.74) is 2.13. The van der Waals surface area contributed by atoms with E-state index >= 15 is 0 Å². The predicted octanol–water partition coefficient (Wildman–Crippen LogP) is 2.93. The molecule has 1 aliphatic rings. The van der Waals surface area contributed by atoms with Crippen molar-refractivity contribution in [1.82, 2.24) is 9.80 Å². The van der Waals surface area contributed by atoms with Crippen molar-refractivity contribution in [2.75, 3.05) is 26.2 Å². The highest BCUT2D eigenvalue weighted by Crippen LogP contribution is 2.17. The number of carboxylic acid groups (broad SMARTS) is 1. The zero-order valence-corrected chi connectivity index (χ0v) is 15.2. The number of nitrogens with zero attached hydrogens (tertiary/aromatic N) is 2. The van der Waals surface area contributed by atoms with E-state index in [0.29, 0.717) is 36.6 Å². The number of hydrogen-bond donors (Lipinski definition) is 1. The van der Waals surface area contributed by atoms with Crippen LogP contribution in [0.4, 0.5) is 0 Å². The van der Waals surface area contributed by atoms with Crippen molar-refractivity contribution in [2.45, 2.75) is 13.0 Å². The number of carbonyl (C=O) groups excluding carboxylic acids is 1. The van der Waals surface area contributed by atoms with E-state index in [1.807, 2.05) is 29.2 Å². The van der Waals surface area contributed by atoms with Gasteiger partial charge in [-0.05, 0) is 29.3 Å². The van der Waals surface area contributed by atoms with Gasteiger partial charge in [0.1, 0.15) is 0 Å². The molecule has 0 radical (unpaired) electrons. The van der Waals surface area contributed by atoms with Crippen molar-refractivity contribution < 1.29 is 14.7 Å². The summed E-state index contributed by atoms with van der Waals surface area (Å²) in [4.78, 5) is 27.7. The zero-order chi connectivity index (χ0) is 18.5. The fourth-order valence-electron chi connectivity index (χ4n) is 3.13. The highest BCUT2D eigenvalue weighted by Gasteiger charge is 2.21. The highest BCUT2D eigenvalue weighted by molar-refractivity contribution is 6.31. The average molecular weight is 373 g/mol. The van der Waals surface area contributed by atoms with Gasteiger partial charge in [0.25, 0.3) is 0 Å². The molecule has 0 unspecified atom stereocenters. The van der Waals surface area contributed by atoms with Gasteiger partial charge < -0.3 is 10.0 Å². The van der Waals surface area contributed by atoms with Crippen LogP contribution in [0, 0.1) is 0 Å². The second-order valence-corrected chi connectivity index (χ2v) is 6.84. The molecule has 0 saturated carbocycles. The Morgan fingerprint density at radius 2 is 1.73 bits per heavy atom. The summed E-state index contributed by atoms with van der Waals surface area (Å²) >= 11 is 6.13. The number of carboxylic acids is 1. The normalized spacial score (nSPS) is 15.0. The lowest BCUT2D eigenvalue weighted by molar-refractivity contribution is -0.132. The number of hydrogen-bond acceptors (Lipinski definition) is 3. The summed E-state index contributed by atoms with van der Waals surface area (Å²) in [6.07, 6.45) is 0.320. The number of amides is 1. The van der Waals surface area contributed by atoms with Gasteiger partial charge in [-0.1, -0.05) is 41.9 Å². The molecule has 1 heterocycles. The summed E-state index contributed by atoms with van der Waals surface area (Å²) in [5, 5.41) is 9.71. The average Bonchev–Trinajstić information content (AvgIpc) is 2.64. The topological polar surface area (TPSA) is 60.9 Å². The van der Waals surface area contributed by atoms with Crippen molar-refractivity contribution in [1.29, 1.82) is 0 Å². The molecule has 0 spiro atoms. The van der Waals surface area contributed by atoms with Crippen LogP contribution in [-0.4, -0.2) is 53.0 Å². The quantitative estimate of drug-likeness (QED) is 0.876. The first-order chi connectivity index (χ1) is 12.5. The lowest BCUT2D eigenvalue weighted by Crippen LogP contribution is -2.48.